The molecule has 1 aliphatic carbocycles. The summed E-state index contributed by atoms with van der Waals surface area (Å²) in [6.07, 6.45) is 7.97. The van der Waals surface area contributed by atoms with Gasteiger partial charge in [-0.1, -0.05) is 23.7 Å². The molecule has 0 radical (unpaired) electrons. The van der Waals surface area contributed by atoms with Gasteiger partial charge in [-0.05, 0) is 63.7 Å². The van der Waals surface area contributed by atoms with Crippen molar-refractivity contribution in [3.8, 4) is 0 Å². The number of hydrogen-bond donors (Lipinski definition) is 1. The first kappa shape index (κ1) is 22.4. The highest BCUT2D eigenvalue weighted by Gasteiger charge is 2.36. The predicted molar refractivity (Wildman–Crippen MR) is 133 cm³/mol. The molecule has 5 rings (SSSR count). The van der Waals surface area contributed by atoms with Crippen molar-refractivity contribution in [3.05, 3.63) is 86.0 Å². The Hall–Kier alpha value is -2.44. The summed E-state index contributed by atoms with van der Waals surface area (Å²) in [7, 11) is 0. The Labute approximate surface area is 207 Å². The van der Waals surface area contributed by atoms with Crippen LogP contribution >= 0.6 is 27.5 Å². The van der Waals surface area contributed by atoms with E-state index in [4.69, 9.17) is 11.6 Å². The van der Waals surface area contributed by atoms with Crippen molar-refractivity contribution in [2.75, 3.05) is 19.6 Å². The molecule has 2 aromatic rings. The molecule has 5 nitrogen and oxygen atoms in total. The summed E-state index contributed by atoms with van der Waals surface area (Å²) in [5.74, 6) is 0.532. The molecular weight excluding hydrogens is 502 g/mol. The summed E-state index contributed by atoms with van der Waals surface area (Å²) in [5.41, 5.74) is 7.00. The molecule has 1 aromatic carbocycles. The molecule has 1 saturated heterocycles. The van der Waals surface area contributed by atoms with E-state index in [1.165, 1.54) is 22.5 Å². The summed E-state index contributed by atoms with van der Waals surface area (Å²) in [6.45, 7) is 2.06. The standard InChI is InChI=1S/C26H25BrClN3O2/c27-23-16-31(21-7-10-30(11-8-21)25(32)12-17-2-1-9-29-15-17)24-14-19-3-5-20(28)13-18(19)4-6-22(24)26(23)33/h1-3,5,9,13,15H,4,6-8,10-12,14,16H2/p+1. The van der Waals surface area contributed by atoms with Gasteiger partial charge in [0.2, 0.25) is 5.91 Å². The molecule has 7 heteroatoms. The fourth-order valence-corrected chi connectivity index (χ4v) is 5.74. The second-order valence-electron chi connectivity index (χ2n) is 8.84. The SMILES string of the molecule is O=C(Cc1cccnc1)N1CCC(=[N+]2CC(Br)=C(O)C3=C2Cc2ccc(Cl)cc2CC3)CC1. The molecule has 0 spiro atoms. The lowest BCUT2D eigenvalue weighted by Gasteiger charge is -2.28. The Balaban J connectivity index is 1.38. The van der Waals surface area contributed by atoms with Gasteiger partial charge in [-0.15, -0.1) is 0 Å². The smallest absolute Gasteiger partial charge is 0.227 e. The second-order valence-corrected chi connectivity index (χ2v) is 10.2. The maximum absolute atomic E-state index is 12.8. The van der Waals surface area contributed by atoms with E-state index in [0.717, 1.165) is 52.7 Å². The zero-order chi connectivity index (χ0) is 22.9. The third-order valence-electron chi connectivity index (χ3n) is 6.84. The number of benzene rings is 1. The molecule has 0 bridgehead atoms. The minimum atomic E-state index is 0.152. The fourth-order valence-electron chi connectivity index (χ4n) is 5.05. The monoisotopic (exact) mass is 526 g/mol. The summed E-state index contributed by atoms with van der Waals surface area (Å²) < 4.78 is 3.21. The Morgan fingerprint density at radius 2 is 1.97 bits per heavy atom. The van der Waals surface area contributed by atoms with Gasteiger partial charge in [0.05, 0.1) is 18.4 Å². The largest absolute Gasteiger partial charge is 0.506 e. The quantitative estimate of drug-likeness (QED) is 0.561. The zero-order valence-corrected chi connectivity index (χ0v) is 20.7. The maximum Gasteiger partial charge on any atom is 0.227 e. The molecule has 33 heavy (non-hydrogen) atoms. The Bertz CT molecular complexity index is 1190. The van der Waals surface area contributed by atoms with Crippen LogP contribution < -0.4 is 0 Å². The number of aliphatic hydroxyl groups excluding tert-OH is 1. The molecule has 170 valence electrons. The van der Waals surface area contributed by atoms with E-state index in [1.54, 1.807) is 12.4 Å². The number of carbonyl (C=O) groups excluding carboxylic acids is 1. The number of fused-ring (bicyclic) bond motifs is 1. The van der Waals surface area contributed by atoms with Crippen LogP contribution in [0, 0.1) is 0 Å². The fraction of sp³-hybridized carbons (Fsp3) is 0.346. The first-order valence-electron chi connectivity index (χ1n) is 11.4. The van der Waals surface area contributed by atoms with Crippen molar-refractivity contribution in [1.82, 2.24) is 9.88 Å². The Morgan fingerprint density at radius 1 is 1.15 bits per heavy atom. The van der Waals surface area contributed by atoms with Gasteiger partial charge in [0.25, 0.3) is 0 Å². The number of aromatic nitrogens is 1. The van der Waals surface area contributed by atoms with Crippen LogP contribution in [0.2, 0.25) is 5.02 Å². The topological polar surface area (TPSA) is 56.4 Å². The molecule has 1 N–H and O–H groups in total. The van der Waals surface area contributed by atoms with Crippen molar-refractivity contribution < 1.29 is 14.5 Å². The number of allylic oxidation sites excluding steroid dienone is 2. The highest BCUT2D eigenvalue weighted by molar-refractivity contribution is 9.11. The van der Waals surface area contributed by atoms with Gasteiger partial charge in [0.1, 0.15) is 10.2 Å². The van der Waals surface area contributed by atoms with Crippen LogP contribution in [0.25, 0.3) is 0 Å². The minimum absolute atomic E-state index is 0.152. The van der Waals surface area contributed by atoms with Crippen LogP contribution in [0.1, 0.15) is 36.0 Å². The number of carbonyl (C=O) groups is 1. The Morgan fingerprint density at radius 3 is 2.73 bits per heavy atom. The molecule has 0 saturated carbocycles. The van der Waals surface area contributed by atoms with E-state index in [2.05, 4.69) is 37.6 Å². The van der Waals surface area contributed by atoms with Gasteiger partial charge < -0.3 is 10.0 Å². The summed E-state index contributed by atoms with van der Waals surface area (Å²) in [5, 5.41) is 11.6. The number of pyridine rings is 1. The molecule has 3 heterocycles. The van der Waals surface area contributed by atoms with Crippen molar-refractivity contribution >= 4 is 39.1 Å². The lowest BCUT2D eigenvalue weighted by Crippen LogP contribution is -2.42. The number of rotatable bonds is 2. The van der Waals surface area contributed by atoms with Gasteiger partial charge in [0.15, 0.2) is 18.0 Å². The molecule has 0 atom stereocenters. The summed E-state index contributed by atoms with van der Waals surface area (Å²) in [6, 6.07) is 9.92. The molecule has 0 unspecified atom stereocenters. The van der Waals surface area contributed by atoms with Crippen molar-refractivity contribution in [1.29, 1.82) is 0 Å². The first-order valence-corrected chi connectivity index (χ1v) is 12.5. The number of nitrogens with zero attached hydrogens (tertiary/aromatic N) is 3. The number of aryl methyl sites for hydroxylation is 1. The van der Waals surface area contributed by atoms with Gasteiger partial charge >= 0.3 is 0 Å². The minimum Gasteiger partial charge on any atom is -0.506 e. The van der Waals surface area contributed by atoms with Crippen LogP contribution in [0.15, 0.2) is 64.2 Å². The molecule has 1 amide bonds. The van der Waals surface area contributed by atoms with Crippen molar-refractivity contribution in [2.45, 2.75) is 38.5 Å². The normalized spacial score (nSPS) is 18.8. The molecule has 3 aliphatic rings. The van der Waals surface area contributed by atoms with Crippen molar-refractivity contribution in [2.24, 2.45) is 0 Å². The number of likely N-dealkylation sites (tertiary alicyclic amines) is 1. The molecule has 1 aromatic heterocycles. The highest BCUT2D eigenvalue weighted by Crippen LogP contribution is 2.36. The highest BCUT2D eigenvalue weighted by atomic mass is 79.9. The van der Waals surface area contributed by atoms with E-state index < -0.39 is 0 Å². The zero-order valence-electron chi connectivity index (χ0n) is 18.4. The van der Waals surface area contributed by atoms with Crippen LogP contribution in [0.5, 0.6) is 0 Å². The summed E-state index contributed by atoms with van der Waals surface area (Å²) in [4.78, 5) is 18.9. The average Bonchev–Trinajstić information content (AvgIpc) is 3.02. The summed E-state index contributed by atoms with van der Waals surface area (Å²) >= 11 is 9.86. The van der Waals surface area contributed by atoms with Crippen molar-refractivity contribution in [3.63, 3.8) is 0 Å². The van der Waals surface area contributed by atoms with Crippen LogP contribution in [-0.2, 0) is 24.1 Å². The van der Waals surface area contributed by atoms with Crippen LogP contribution in [0.3, 0.4) is 0 Å². The van der Waals surface area contributed by atoms with E-state index in [9.17, 15) is 9.90 Å². The van der Waals surface area contributed by atoms with Crippen LogP contribution in [-0.4, -0.2) is 50.8 Å². The molecule has 2 aliphatic heterocycles. The number of amides is 1. The van der Waals surface area contributed by atoms with Gasteiger partial charge in [-0.3, -0.25) is 9.78 Å². The van der Waals surface area contributed by atoms with E-state index in [0.29, 0.717) is 31.8 Å². The third-order valence-corrected chi connectivity index (χ3v) is 7.70. The lowest BCUT2D eigenvalue weighted by molar-refractivity contribution is -0.475. The lowest BCUT2D eigenvalue weighted by atomic mass is 9.99. The molecule has 1 fully saturated rings. The maximum atomic E-state index is 12.8. The predicted octanol–water partition coefficient (Wildman–Crippen LogP) is 4.97. The van der Waals surface area contributed by atoms with Crippen LogP contribution in [0.4, 0.5) is 0 Å². The Kier molecular flexibility index (Phi) is 6.39. The van der Waals surface area contributed by atoms with E-state index >= 15 is 0 Å². The molecular formula is C26H26BrClN3O2+. The van der Waals surface area contributed by atoms with E-state index in [-0.39, 0.29) is 5.91 Å². The van der Waals surface area contributed by atoms with Gasteiger partial charge in [-0.25, -0.2) is 0 Å². The third kappa shape index (κ3) is 4.64. The first-order chi connectivity index (χ1) is 16.0. The number of piperidine rings is 1. The van der Waals surface area contributed by atoms with Gasteiger partial charge in [-0.2, -0.15) is 4.58 Å². The number of hydrogen-bond acceptors (Lipinski definition) is 3. The average molecular weight is 528 g/mol. The number of aliphatic hydroxyl groups is 1. The van der Waals surface area contributed by atoms with Gasteiger partial charge in [0, 0.05) is 43.3 Å². The second kappa shape index (κ2) is 9.43. The van der Waals surface area contributed by atoms with E-state index in [1.807, 2.05) is 23.1 Å². The number of halogens is 2.